The topological polar surface area (TPSA) is 59.9 Å². The van der Waals surface area contributed by atoms with Gasteiger partial charge in [0.25, 0.3) is 0 Å². The second-order valence-electron chi connectivity index (χ2n) is 4.34. The van der Waals surface area contributed by atoms with Crippen LogP contribution < -0.4 is 0 Å². The van der Waals surface area contributed by atoms with E-state index in [9.17, 15) is 9.59 Å². The van der Waals surface area contributed by atoms with Crippen LogP contribution in [0.2, 0.25) is 0 Å². The minimum atomic E-state index is -0.522. The Morgan fingerprint density at radius 1 is 1.38 bits per heavy atom. The van der Waals surface area contributed by atoms with Crippen LogP contribution in [0.25, 0.3) is 0 Å². The second kappa shape index (κ2) is 4.51. The van der Waals surface area contributed by atoms with Crippen molar-refractivity contribution in [3.63, 3.8) is 0 Å². The highest BCUT2D eigenvalue weighted by molar-refractivity contribution is 6.09. The Bertz CT molecular complexity index is 403. The fraction of sp³-hybridized carbons (Fsp3) is 0.500. The number of hydrogen-bond donors (Lipinski definition) is 0. The maximum atomic E-state index is 12.0. The number of carbonyl (C=O) groups excluding carboxylic acids is 2. The van der Waals surface area contributed by atoms with Crippen LogP contribution in [0.1, 0.15) is 36.8 Å². The first-order valence-corrected chi connectivity index (χ1v) is 5.52. The Kier molecular flexibility index (Phi) is 3.08. The van der Waals surface area contributed by atoms with E-state index in [0.717, 1.165) is 6.42 Å². The Morgan fingerprint density at radius 2 is 2.06 bits per heavy atom. The van der Waals surface area contributed by atoms with Gasteiger partial charge in [0.05, 0.1) is 5.92 Å². The van der Waals surface area contributed by atoms with Crippen molar-refractivity contribution >= 4 is 11.6 Å². The van der Waals surface area contributed by atoms with E-state index < -0.39 is 5.92 Å². The molecule has 84 valence electrons. The van der Waals surface area contributed by atoms with Gasteiger partial charge in [-0.3, -0.25) is 9.59 Å². The quantitative estimate of drug-likeness (QED) is 0.559. The van der Waals surface area contributed by atoms with Gasteiger partial charge >= 0.3 is 0 Å². The average Bonchev–Trinajstić information content (AvgIpc) is 2.32. The second-order valence-corrected chi connectivity index (χ2v) is 4.34. The van der Waals surface area contributed by atoms with Gasteiger partial charge in [-0.15, -0.1) is 0 Å². The van der Waals surface area contributed by atoms with Crippen LogP contribution in [0.3, 0.4) is 0 Å². The molecule has 1 heterocycles. The third-order valence-corrected chi connectivity index (χ3v) is 3.01. The normalized spacial score (nSPS) is 25.4. The average molecular weight is 218 g/mol. The highest BCUT2D eigenvalue weighted by Gasteiger charge is 2.33. The molecule has 1 aliphatic carbocycles. The van der Waals surface area contributed by atoms with Crippen molar-refractivity contribution < 1.29 is 9.59 Å². The molecule has 1 aliphatic rings. The summed E-state index contributed by atoms with van der Waals surface area (Å²) < 4.78 is 0. The highest BCUT2D eigenvalue weighted by Crippen LogP contribution is 2.27. The summed E-state index contributed by atoms with van der Waals surface area (Å²) in [6, 6.07) is 1.65. The summed E-state index contributed by atoms with van der Waals surface area (Å²) in [4.78, 5) is 31.5. The van der Waals surface area contributed by atoms with Crippen LogP contribution in [0.15, 0.2) is 18.5 Å². The van der Waals surface area contributed by atoms with Gasteiger partial charge in [-0.25, -0.2) is 9.97 Å². The third kappa shape index (κ3) is 2.15. The van der Waals surface area contributed by atoms with Gasteiger partial charge in [-0.1, -0.05) is 6.92 Å². The summed E-state index contributed by atoms with van der Waals surface area (Å²) in [5, 5.41) is 0. The van der Waals surface area contributed by atoms with Crippen molar-refractivity contribution in [1.29, 1.82) is 0 Å². The first-order chi connectivity index (χ1) is 7.68. The number of ketones is 2. The Labute approximate surface area is 94.1 Å². The van der Waals surface area contributed by atoms with Gasteiger partial charge in [0.1, 0.15) is 5.78 Å². The molecule has 2 rings (SSSR count). The number of nitrogens with zero attached hydrogens (tertiary/aromatic N) is 2. The molecule has 1 fully saturated rings. The van der Waals surface area contributed by atoms with Crippen molar-refractivity contribution in [2.24, 2.45) is 11.8 Å². The molecule has 16 heavy (non-hydrogen) atoms. The molecule has 0 spiro atoms. The summed E-state index contributed by atoms with van der Waals surface area (Å²) in [5.41, 5.74) is 0. The van der Waals surface area contributed by atoms with Crippen molar-refractivity contribution in [1.82, 2.24) is 9.97 Å². The molecule has 0 aromatic carbocycles. The minimum absolute atomic E-state index is 0.0375. The first kappa shape index (κ1) is 10.9. The number of aromatic nitrogens is 2. The zero-order valence-corrected chi connectivity index (χ0v) is 9.22. The zero-order valence-electron chi connectivity index (χ0n) is 9.22. The molecule has 1 saturated carbocycles. The molecular formula is C12H14N2O2. The number of carbonyl (C=O) groups is 2. The highest BCUT2D eigenvalue weighted by atomic mass is 16.2. The standard InChI is InChI=1S/C12H14N2O2/c1-8-3-4-10(15)9(7-8)11(16)12-13-5-2-6-14-12/h2,5-6,8-9H,3-4,7H2,1H3. The van der Waals surface area contributed by atoms with Crippen LogP contribution in [0.5, 0.6) is 0 Å². The van der Waals surface area contributed by atoms with Gasteiger partial charge in [0, 0.05) is 18.8 Å². The Morgan fingerprint density at radius 3 is 2.75 bits per heavy atom. The van der Waals surface area contributed by atoms with Crippen LogP contribution in [-0.2, 0) is 4.79 Å². The van der Waals surface area contributed by atoms with E-state index in [0.29, 0.717) is 18.8 Å². The summed E-state index contributed by atoms with van der Waals surface area (Å²) in [5.74, 6) is -0.121. The lowest BCUT2D eigenvalue weighted by atomic mass is 9.79. The van der Waals surface area contributed by atoms with Crippen molar-refractivity contribution in [2.45, 2.75) is 26.2 Å². The summed E-state index contributed by atoms with van der Waals surface area (Å²) in [7, 11) is 0. The smallest absolute Gasteiger partial charge is 0.210 e. The molecule has 4 nitrogen and oxygen atoms in total. The van der Waals surface area contributed by atoms with Crippen molar-refractivity contribution in [2.75, 3.05) is 0 Å². The van der Waals surface area contributed by atoms with Crippen LogP contribution in [0, 0.1) is 11.8 Å². The van der Waals surface area contributed by atoms with Gasteiger partial charge in [-0.05, 0) is 24.8 Å². The van der Waals surface area contributed by atoms with Crippen LogP contribution >= 0.6 is 0 Å². The number of rotatable bonds is 2. The van der Waals surface area contributed by atoms with Crippen LogP contribution in [0.4, 0.5) is 0 Å². The van der Waals surface area contributed by atoms with E-state index >= 15 is 0 Å². The van der Waals surface area contributed by atoms with Crippen LogP contribution in [-0.4, -0.2) is 21.5 Å². The van der Waals surface area contributed by atoms with E-state index in [1.165, 1.54) is 12.4 Å². The van der Waals surface area contributed by atoms with E-state index in [2.05, 4.69) is 16.9 Å². The largest absolute Gasteiger partial charge is 0.299 e. The summed E-state index contributed by atoms with van der Waals surface area (Å²) in [6.45, 7) is 2.07. The fourth-order valence-electron chi connectivity index (χ4n) is 2.05. The molecule has 0 radical (unpaired) electrons. The molecule has 0 N–H and O–H groups in total. The minimum Gasteiger partial charge on any atom is -0.299 e. The predicted octanol–water partition coefficient (Wildman–Crippen LogP) is 1.66. The number of hydrogen-bond acceptors (Lipinski definition) is 4. The monoisotopic (exact) mass is 218 g/mol. The molecule has 0 amide bonds. The maximum absolute atomic E-state index is 12.0. The van der Waals surface area contributed by atoms with E-state index in [1.807, 2.05) is 0 Å². The molecule has 1 aromatic heterocycles. The van der Waals surface area contributed by atoms with E-state index in [1.54, 1.807) is 6.07 Å². The van der Waals surface area contributed by atoms with E-state index in [4.69, 9.17) is 0 Å². The third-order valence-electron chi connectivity index (χ3n) is 3.01. The summed E-state index contributed by atoms with van der Waals surface area (Å²) >= 11 is 0. The Hall–Kier alpha value is -1.58. The molecular weight excluding hydrogens is 204 g/mol. The van der Waals surface area contributed by atoms with E-state index in [-0.39, 0.29) is 17.4 Å². The van der Waals surface area contributed by atoms with Crippen molar-refractivity contribution in [3.8, 4) is 0 Å². The lowest BCUT2D eigenvalue weighted by Crippen LogP contribution is -2.31. The lowest BCUT2D eigenvalue weighted by molar-refractivity contribution is -0.123. The molecule has 2 atom stereocenters. The molecule has 2 unspecified atom stereocenters. The molecule has 4 heteroatoms. The first-order valence-electron chi connectivity index (χ1n) is 5.52. The van der Waals surface area contributed by atoms with Gasteiger partial charge < -0.3 is 0 Å². The SMILES string of the molecule is CC1CCC(=O)C(C(=O)c2ncccn2)C1. The fourth-order valence-corrected chi connectivity index (χ4v) is 2.05. The van der Waals surface area contributed by atoms with Gasteiger partial charge in [-0.2, -0.15) is 0 Å². The van der Waals surface area contributed by atoms with Gasteiger partial charge in [0.2, 0.25) is 5.78 Å². The molecule has 0 bridgehead atoms. The molecule has 1 aromatic rings. The Balaban J connectivity index is 2.18. The zero-order chi connectivity index (χ0) is 11.5. The maximum Gasteiger partial charge on any atom is 0.210 e. The van der Waals surface area contributed by atoms with Crippen molar-refractivity contribution in [3.05, 3.63) is 24.3 Å². The van der Waals surface area contributed by atoms with Gasteiger partial charge in [0.15, 0.2) is 5.82 Å². The molecule has 0 aliphatic heterocycles. The molecule has 0 saturated heterocycles. The lowest BCUT2D eigenvalue weighted by Gasteiger charge is -2.23. The predicted molar refractivity (Wildman–Crippen MR) is 57.9 cm³/mol. The number of Topliss-reactive ketones (excluding diaryl/α,β-unsaturated/α-hetero) is 2. The summed E-state index contributed by atoms with van der Waals surface area (Å²) in [6.07, 6.45) is 5.08.